The van der Waals surface area contributed by atoms with Gasteiger partial charge in [-0.05, 0) is 31.2 Å². The molecule has 4 rings (SSSR count). The molecule has 0 spiro atoms. The molecular formula is C17H26N6O2S. The summed E-state index contributed by atoms with van der Waals surface area (Å²) in [4.78, 5) is 13.9. The van der Waals surface area contributed by atoms with Gasteiger partial charge in [0, 0.05) is 45.5 Å². The van der Waals surface area contributed by atoms with Crippen LogP contribution in [0, 0.1) is 5.92 Å². The maximum Gasteiger partial charge on any atom is 0.282 e. The molecule has 2 aliphatic heterocycles. The molecule has 0 radical (unpaired) electrons. The molecule has 142 valence electrons. The number of H-pyrrole nitrogens is 1. The lowest BCUT2D eigenvalue weighted by Crippen LogP contribution is -2.55. The Morgan fingerprint density at radius 2 is 1.96 bits per heavy atom. The van der Waals surface area contributed by atoms with Crippen molar-refractivity contribution in [3.05, 3.63) is 18.6 Å². The zero-order valence-corrected chi connectivity index (χ0v) is 16.1. The van der Waals surface area contributed by atoms with Crippen molar-refractivity contribution < 1.29 is 8.42 Å². The second-order valence-electron chi connectivity index (χ2n) is 7.35. The van der Waals surface area contributed by atoms with E-state index in [9.17, 15) is 8.42 Å². The Morgan fingerprint density at radius 3 is 2.73 bits per heavy atom. The number of hydrogen-bond donors (Lipinski definition) is 1. The lowest BCUT2D eigenvalue weighted by atomic mass is 9.93. The number of rotatable bonds is 4. The molecule has 2 unspecified atom stereocenters. The van der Waals surface area contributed by atoms with Crippen molar-refractivity contribution in [2.75, 3.05) is 38.1 Å². The molecule has 9 heteroatoms. The largest absolute Gasteiger partial charge is 0.354 e. The molecule has 1 N–H and O–H groups in total. The Balaban J connectivity index is 1.60. The minimum absolute atomic E-state index is 0.0779. The number of aromatic amines is 1. The fourth-order valence-corrected chi connectivity index (χ4v) is 5.84. The molecule has 0 aliphatic carbocycles. The quantitative estimate of drug-likeness (QED) is 0.870. The van der Waals surface area contributed by atoms with Crippen LogP contribution in [0.4, 0.5) is 5.82 Å². The molecule has 8 nitrogen and oxygen atoms in total. The number of fused-ring (bicyclic) bond motifs is 1. The Hall–Kier alpha value is -1.71. The van der Waals surface area contributed by atoms with Crippen LogP contribution in [0.3, 0.4) is 0 Å². The highest BCUT2D eigenvalue weighted by atomic mass is 32.2. The van der Waals surface area contributed by atoms with E-state index in [1.54, 1.807) is 14.9 Å². The van der Waals surface area contributed by atoms with E-state index in [2.05, 4.69) is 26.8 Å². The molecule has 26 heavy (non-hydrogen) atoms. The molecule has 4 heterocycles. The molecule has 2 saturated heterocycles. The van der Waals surface area contributed by atoms with Gasteiger partial charge in [0.2, 0.25) is 0 Å². The highest BCUT2D eigenvalue weighted by Crippen LogP contribution is 2.30. The summed E-state index contributed by atoms with van der Waals surface area (Å²) in [6.07, 6.45) is 6.17. The zero-order valence-electron chi connectivity index (χ0n) is 15.3. The first-order chi connectivity index (χ1) is 12.5. The van der Waals surface area contributed by atoms with Gasteiger partial charge in [-0.15, -0.1) is 0 Å². The number of piperidine rings is 1. The van der Waals surface area contributed by atoms with Crippen LogP contribution in [-0.4, -0.2) is 71.2 Å². The van der Waals surface area contributed by atoms with E-state index in [0.717, 1.165) is 36.1 Å². The average molecular weight is 379 g/mol. The number of nitrogens with one attached hydrogen (secondary N) is 1. The second kappa shape index (κ2) is 6.79. The van der Waals surface area contributed by atoms with E-state index in [0.29, 0.717) is 32.1 Å². The van der Waals surface area contributed by atoms with Gasteiger partial charge in [-0.25, -0.2) is 9.97 Å². The minimum atomic E-state index is -3.36. The van der Waals surface area contributed by atoms with E-state index in [4.69, 9.17) is 0 Å². The zero-order chi connectivity index (χ0) is 18.3. The van der Waals surface area contributed by atoms with Crippen molar-refractivity contribution in [1.29, 1.82) is 0 Å². The first-order valence-corrected chi connectivity index (χ1v) is 10.6. The first-order valence-electron chi connectivity index (χ1n) is 9.24. The van der Waals surface area contributed by atoms with Gasteiger partial charge in [-0.3, -0.25) is 0 Å². The molecule has 2 atom stereocenters. The SMILES string of the molecule is CC1CCN(S(=O)(=O)N2CCCC2)CC1N(C)c1ncnc2[nH]ccc12. The smallest absolute Gasteiger partial charge is 0.282 e. The maximum atomic E-state index is 13.0. The molecular weight excluding hydrogens is 352 g/mol. The maximum absolute atomic E-state index is 13.0. The summed E-state index contributed by atoms with van der Waals surface area (Å²) in [6, 6.07) is 2.04. The third-order valence-electron chi connectivity index (χ3n) is 5.76. The second-order valence-corrected chi connectivity index (χ2v) is 9.28. The summed E-state index contributed by atoms with van der Waals surface area (Å²) in [6.45, 7) is 4.56. The van der Waals surface area contributed by atoms with Crippen LogP contribution in [0.2, 0.25) is 0 Å². The van der Waals surface area contributed by atoms with Gasteiger partial charge < -0.3 is 9.88 Å². The van der Waals surface area contributed by atoms with Crippen molar-refractivity contribution in [1.82, 2.24) is 23.6 Å². The van der Waals surface area contributed by atoms with Gasteiger partial charge >= 0.3 is 0 Å². The fourth-order valence-electron chi connectivity index (χ4n) is 4.11. The van der Waals surface area contributed by atoms with Crippen LogP contribution in [0.1, 0.15) is 26.2 Å². The number of likely N-dealkylation sites (N-methyl/N-ethyl adjacent to an activating group) is 1. The van der Waals surface area contributed by atoms with E-state index in [-0.39, 0.29) is 6.04 Å². The summed E-state index contributed by atoms with van der Waals surface area (Å²) in [5.74, 6) is 1.22. The number of anilines is 1. The molecule has 2 fully saturated rings. The Kier molecular flexibility index (Phi) is 4.62. The third-order valence-corrected chi connectivity index (χ3v) is 7.77. The number of aromatic nitrogens is 3. The lowest BCUT2D eigenvalue weighted by molar-refractivity contribution is 0.235. The standard InChI is InChI=1S/C17H26N6O2S/c1-13-6-10-23(26(24,25)22-8-3-4-9-22)11-15(13)21(2)17-14-5-7-18-16(14)19-12-20-17/h5,7,12-13,15H,3-4,6,8-11H2,1-2H3,(H,18,19,20). The number of nitrogens with zero attached hydrogens (tertiary/aromatic N) is 5. The Morgan fingerprint density at radius 1 is 1.19 bits per heavy atom. The predicted octanol–water partition coefficient (Wildman–Crippen LogP) is 1.45. The van der Waals surface area contributed by atoms with E-state index >= 15 is 0 Å². The summed E-state index contributed by atoms with van der Waals surface area (Å²) in [5.41, 5.74) is 0.798. The molecule has 0 amide bonds. The first kappa shape index (κ1) is 17.7. The van der Waals surface area contributed by atoms with Gasteiger partial charge in [-0.1, -0.05) is 6.92 Å². The monoisotopic (exact) mass is 378 g/mol. The van der Waals surface area contributed by atoms with Crippen LogP contribution >= 0.6 is 0 Å². The normalized spacial score (nSPS) is 25.8. The van der Waals surface area contributed by atoms with Gasteiger partial charge in [0.05, 0.1) is 5.39 Å². The van der Waals surface area contributed by atoms with Crippen LogP contribution < -0.4 is 4.90 Å². The summed E-state index contributed by atoms with van der Waals surface area (Å²) in [7, 11) is -1.36. The van der Waals surface area contributed by atoms with Gasteiger partial charge in [0.25, 0.3) is 10.2 Å². The van der Waals surface area contributed by atoms with E-state index < -0.39 is 10.2 Å². The van der Waals surface area contributed by atoms with Crippen LogP contribution in [0.25, 0.3) is 11.0 Å². The van der Waals surface area contributed by atoms with Crippen LogP contribution in [0.5, 0.6) is 0 Å². The summed E-state index contributed by atoms with van der Waals surface area (Å²) >= 11 is 0. The number of hydrogen-bond acceptors (Lipinski definition) is 5. The van der Waals surface area contributed by atoms with Gasteiger partial charge in [-0.2, -0.15) is 17.0 Å². The topological polar surface area (TPSA) is 85.4 Å². The molecule has 0 aromatic carbocycles. The highest BCUT2D eigenvalue weighted by Gasteiger charge is 2.39. The van der Waals surface area contributed by atoms with Crippen molar-refractivity contribution in [3.63, 3.8) is 0 Å². The van der Waals surface area contributed by atoms with E-state index in [1.165, 1.54) is 0 Å². The van der Waals surface area contributed by atoms with E-state index in [1.807, 2.05) is 19.3 Å². The molecule has 2 aliphatic rings. The van der Waals surface area contributed by atoms with Crippen molar-refractivity contribution in [2.24, 2.45) is 5.92 Å². The molecule has 2 aromatic heterocycles. The van der Waals surface area contributed by atoms with Gasteiger partial charge in [0.1, 0.15) is 17.8 Å². The molecule has 0 bridgehead atoms. The summed E-state index contributed by atoms with van der Waals surface area (Å²) < 4.78 is 29.2. The highest BCUT2D eigenvalue weighted by molar-refractivity contribution is 7.86. The molecule has 0 saturated carbocycles. The third kappa shape index (κ3) is 2.97. The van der Waals surface area contributed by atoms with Crippen molar-refractivity contribution in [3.8, 4) is 0 Å². The Labute approximate surface area is 154 Å². The van der Waals surface area contributed by atoms with Crippen LogP contribution in [0.15, 0.2) is 18.6 Å². The minimum Gasteiger partial charge on any atom is -0.354 e. The van der Waals surface area contributed by atoms with Gasteiger partial charge in [0.15, 0.2) is 0 Å². The average Bonchev–Trinajstić information content (AvgIpc) is 3.32. The summed E-state index contributed by atoms with van der Waals surface area (Å²) in [5, 5.41) is 0.960. The Bertz CT molecular complexity index is 876. The predicted molar refractivity (Wildman–Crippen MR) is 101 cm³/mol. The van der Waals surface area contributed by atoms with Crippen LogP contribution in [-0.2, 0) is 10.2 Å². The van der Waals surface area contributed by atoms with Crippen molar-refractivity contribution >= 4 is 27.1 Å². The lowest BCUT2D eigenvalue weighted by Gasteiger charge is -2.42. The van der Waals surface area contributed by atoms with Crippen molar-refractivity contribution in [2.45, 2.75) is 32.2 Å². The molecule has 2 aromatic rings. The fraction of sp³-hybridized carbons (Fsp3) is 0.647.